The normalized spacial score (nSPS) is 16.3. The molecule has 1 aliphatic heterocycles. The lowest BCUT2D eigenvalue weighted by atomic mass is 10.1. The van der Waals surface area contributed by atoms with Gasteiger partial charge in [0.1, 0.15) is 5.69 Å². The number of para-hydroxylation sites is 1. The summed E-state index contributed by atoms with van der Waals surface area (Å²) in [5, 5.41) is 4.66. The maximum absolute atomic E-state index is 12.9. The van der Waals surface area contributed by atoms with E-state index < -0.39 is 0 Å². The van der Waals surface area contributed by atoms with E-state index in [1.54, 1.807) is 0 Å². The minimum absolute atomic E-state index is 0.0375. The van der Waals surface area contributed by atoms with E-state index >= 15 is 0 Å². The molecule has 24 heavy (non-hydrogen) atoms. The lowest BCUT2D eigenvalue weighted by Gasteiger charge is -2.22. The fourth-order valence-corrected chi connectivity index (χ4v) is 4.49. The molecule has 0 radical (unpaired) electrons. The summed E-state index contributed by atoms with van der Waals surface area (Å²) in [5.74, 6) is -0.0375. The predicted octanol–water partition coefficient (Wildman–Crippen LogP) is 4.95. The van der Waals surface area contributed by atoms with Crippen LogP contribution in [0.25, 0.3) is 10.9 Å². The second-order valence-electron chi connectivity index (χ2n) is 6.27. The van der Waals surface area contributed by atoms with Crippen molar-refractivity contribution in [3.8, 4) is 0 Å². The standard InChI is InChI=1S/C20H20N2OS/c1-3-14-6-4-8-16(10-14)21-20(23)17-11-15-7-5-9-18-19(15)22(17)12-13(2)24-18/h4-11,13H,3,12H2,1-2H3,(H,21,23). The van der Waals surface area contributed by atoms with Gasteiger partial charge in [-0.25, -0.2) is 0 Å². The van der Waals surface area contributed by atoms with Crippen LogP contribution in [-0.4, -0.2) is 15.7 Å². The topological polar surface area (TPSA) is 34.0 Å². The quantitative estimate of drug-likeness (QED) is 0.734. The van der Waals surface area contributed by atoms with Crippen LogP contribution >= 0.6 is 11.8 Å². The molecule has 2 heterocycles. The summed E-state index contributed by atoms with van der Waals surface area (Å²) < 4.78 is 2.17. The number of thioether (sulfide) groups is 1. The number of hydrogen-bond acceptors (Lipinski definition) is 2. The van der Waals surface area contributed by atoms with Gasteiger partial charge in [-0.15, -0.1) is 11.8 Å². The molecule has 0 saturated heterocycles. The first-order valence-electron chi connectivity index (χ1n) is 8.35. The number of hydrogen-bond donors (Lipinski definition) is 1. The fraction of sp³-hybridized carbons (Fsp3) is 0.250. The molecular formula is C20H20N2OS. The monoisotopic (exact) mass is 336 g/mol. The highest BCUT2D eigenvalue weighted by atomic mass is 32.2. The molecule has 1 amide bonds. The van der Waals surface area contributed by atoms with E-state index in [0.29, 0.717) is 5.25 Å². The van der Waals surface area contributed by atoms with Crippen molar-refractivity contribution >= 4 is 34.3 Å². The Balaban J connectivity index is 1.73. The van der Waals surface area contributed by atoms with Gasteiger partial charge < -0.3 is 9.88 Å². The van der Waals surface area contributed by atoms with Crippen LogP contribution in [-0.2, 0) is 13.0 Å². The maximum Gasteiger partial charge on any atom is 0.272 e. The Kier molecular flexibility index (Phi) is 3.85. The third kappa shape index (κ3) is 2.61. The summed E-state index contributed by atoms with van der Waals surface area (Å²) in [6.45, 7) is 5.19. The molecule has 0 bridgehead atoms. The van der Waals surface area contributed by atoms with Gasteiger partial charge in [-0.3, -0.25) is 4.79 Å². The average molecular weight is 336 g/mol. The highest BCUT2D eigenvalue weighted by Crippen LogP contribution is 2.38. The molecule has 3 aromatic rings. The molecule has 1 atom stereocenters. The zero-order chi connectivity index (χ0) is 16.7. The summed E-state index contributed by atoms with van der Waals surface area (Å²) in [4.78, 5) is 14.1. The third-order valence-electron chi connectivity index (χ3n) is 4.48. The van der Waals surface area contributed by atoms with Crippen molar-refractivity contribution in [2.75, 3.05) is 5.32 Å². The van der Waals surface area contributed by atoms with Crippen LogP contribution in [0, 0.1) is 0 Å². The molecule has 1 N–H and O–H groups in total. The first-order valence-corrected chi connectivity index (χ1v) is 9.23. The van der Waals surface area contributed by atoms with Crippen molar-refractivity contribution in [3.63, 3.8) is 0 Å². The first kappa shape index (κ1) is 15.3. The molecule has 2 aromatic carbocycles. The van der Waals surface area contributed by atoms with Gasteiger partial charge in [0, 0.05) is 27.8 Å². The number of nitrogens with zero attached hydrogens (tertiary/aromatic N) is 1. The van der Waals surface area contributed by atoms with Crippen LogP contribution in [0.4, 0.5) is 5.69 Å². The highest BCUT2D eigenvalue weighted by Gasteiger charge is 2.24. The summed E-state index contributed by atoms with van der Waals surface area (Å²) in [7, 11) is 0. The minimum Gasteiger partial charge on any atom is -0.334 e. The zero-order valence-corrected chi connectivity index (χ0v) is 14.7. The SMILES string of the molecule is CCc1cccc(NC(=O)c2cc3cccc4c3n2CC(C)S4)c1. The zero-order valence-electron chi connectivity index (χ0n) is 13.9. The number of benzene rings is 2. The smallest absolute Gasteiger partial charge is 0.272 e. The first-order chi connectivity index (χ1) is 11.7. The molecule has 0 saturated carbocycles. The molecule has 0 fully saturated rings. The van der Waals surface area contributed by atoms with Gasteiger partial charge >= 0.3 is 0 Å². The van der Waals surface area contributed by atoms with Crippen molar-refractivity contribution in [1.29, 1.82) is 0 Å². The fourth-order valence-electron chi connectivity index (χ4n) is 3.34. The second kappa shape index (κ2) is 6.02. The highest BCUT2D eigenvalue weighted by molar-refractivity contribution is 8.00. The molecule has 122 valence electrons. The van der Waals surface area contributed by atoms with E-state index in [9.17, 15) is 4.79 Å². The largest absolute Gasteiger partial charge is 0.334 e. The van der Waals surface area contributed by atoms with Crippen molar-refractivity contribution in [2.24, 2.45) is 0 Å². The number of carbonyl (C=O) groups excluding carboxylic acids is 1. The van der Waals surface area contributed by atoms with Gasteiger partial charge in [0.05, 0.1) is 5.52 Å². The van der Waals surface area contributed by atoms with Crippen LogP contribution in [0.1, 0.15) is 29.9 Å². The lowest BCUT2D eigenvalue weighted by molar-refractivity contribution is 0.101. The summed E-state index contributed by atoms with van der Waals surface area (Å²) in [5.41, 5.74) is 4.01. The second-order valence-corrected chi connectivity index (χ2v) is 7.75. The molecular weight excluding hydrogens is 316 g/mol. The number of aryl methyl sites for hydroxylation is 1. The maximum atomic E-state index is 12.9. The molecule has 1 aromatic heterocycles. The molecule has 4 heteroatoms. The third-order valence-corrected chi connectivity index (χ3v) is 5.61. The Morgan fingerprint density at radius 2 is 2.08 bits per heavy atom. The lowest BCUT2D eigenvalue weighted by Crippen LogP contribution is -2.22. The van der Waals surface area contributed by atoms with Gasteiger partial charge in [0.25, 0.3) is 5.91 Å². The number of carbonyl (C=O) groups is 1. The Hall–Kier alpha value is -2.20. The minimum atomic E-state index is -0.0375. The number of amides is 1. The Morgan fingerprint density at radius 1 is 1.25 bits per heavy atom. The molecule has 0 aliphatic carbocycles. The van der Waals surface area contributed by atoms with Gasteiger partial charge in [-0.1, -0.05) is 38.1 Å². The number of rotatable bonds is 3. The van der Waals surface area contributed by atoms with Crippen LogP contribution in [0.2, 0.25) is 0 Å². The van der Waals surface area contributed by atoms with Gasteiger partial charge in [0.2, 0.25) is 0 Å². The van der Waals surface area contributed by atoms with Gasteiger partial charge in [0.15, 0.2) is 0 Å². The molecule has 4 rings (SSSR count). The number of anilines is 1. The summed E-state index contributed by atoms with van der Waals surface area (Å²) in [6, 6.07) is 16.4. The van der Waals surface area contributed by atoms with E-state index in [1.807, 2.05) is 36.0 Å². The van der Waals surface area contributed by atoms with Crippen LogP contribution in [0.15, 0.2) is 53.4 Å². The summed E-state index contributed by atoms with van der Waals surface area (Å²) in [6.07, 6.45) is 0.960. The molecule has 3 nitrogen and oxygen atoms in total. The Morgan fingerprint density at radius 3 is 2.92 bits per heavy atom. The average Bonchev–Trinajstić information content (AvgIpc) is 2.95. The molecule has 1 unspecified atom stereocenters. The van der Waals surface area contributed by atoms with E-state index in [-0.39, 0.29) is 5.91 Å². The van der Waals surface area contributed by atoms with Gasteiger partial charge in [-0.05, 0) is 36.2 Å². The Labute approximate surface area is 146 Å². The van der Waals surface area contributed by atoms with E-state index in [1.165, 1.54) is 16.0 Å². The number of nitrogens with one attached hydrogen (secondary N) is 1. The van der Waals surface area contributed by atoms with Crippen LogP contribution in [0.5, 0.6) is 0 Å². The molecule has 1 aliphatic rings. The number of aromatic nitrogens is 1. The summed E-state index contributed by atoms with van der Waals surface area (Å²) >= 11 is 1.89. The van der Waals surface area contributed by atoms with Gasteiger partial charge in [-0.2, -0.15) is 0 Å². The van der Waals surface area contributed by atoms with E-state index in [4.69, 9.17) is 0 Å². The van der Waals surface area contributed by atoms with Crippen LogP contribution in [0.3, 0.4) is 0 Å². The predicted molar refractivity (Wildman–Crippen MR) is 101 cm³/mol. The van der Waals surface area contributed by atoms with Crippen LogP contribution < -0.4 is 5.32 Å². The van der Waals surface area contributed by atoms with E-state index in [2.05, 4.69) is 48.0 Å². The van der Waals surface area contributed by atoms with E-state index in [0.717, 1.165) is 29.7 Å². The Bertz CT molecular complexity index is 929. The van der Waals surface area contributed by atoms with Crippen molar-refractivity contribution in [1.82, 2.24) is 4.57 Å². The van der Waals surface area contributed by atoms with Crippen molar-refractivity contribution in [3.05, 3.63) is 59.8 Å². The van der Waals surface area contributed by atoms with Crippen molar-refractivity contribution in [2.45, 2.75) is 37.0 Å². The molecule has 0 spiro atoms. The van der Waals surface area contributed by atoms with Crippen molar-refractivity contribution < 1.29 is 4.79 Å².